The van der Waals surface area contributed by atoms with Crippen LogP contribution in [0, 0.1) is 19.7 Å². The number of imidazole rings is 1. The molecule has 0 bridgehead atoms. The maximum Gasteiger partial charge on any atom is 0.411 e. The minimum Gasteiger partial charge on any atom is -0.453 e. The first kappa shape index (κ1) is 23.5. The van der Waals surface area contributed by atoms with E-state index in [1.807, 2.05) is 29.7 Å². The van der Waals surface area contributed by atoms with Gasteiger partial charge >= 0.3 is 12.2 Å². The Balaban J connectivity index is 1.76. The zero-order valence-corrected chi connectivity index (χ0v) is 19.6. The summed E-state index contributed by atoms with van der Waals surface area (Å²) in [6.45, 7) is 4.91. The first-order valence-corrected chi connectivity index (χ1v) is 10.9. The number of aromatic nitrogens is 2. The van der Waals surface area contributed by atoms with E-state index in [1.54, 1.807) is 17.9 Å². The van der Waals surface area contributed by atoms with Crippen molar-refractivity contribution >= 4 is 23.5 Å². The van der Waals surface area contributed by atoms with Crippen molar-refractivity contribution in [2.45, 2.75) is 26.4 Å². The zero-order chi connectivity index (χ0) is 24.4. The van der Waals surface area contributed by atoms with Crippen molar-refractivity contribution < 1.29 is 28.2 Å². The molecule has 0 saturated carbocycles. The SMILES string of the molecule is COC(=O)Nc1cc(C)c(-c2nc3cc(C)ccn3c2C[C@H]2CN(C(=O)OC)CCO2)c(F)c1. The van der Waals surface area contributed by atoms with Crippen LogP contribution < -0.4 is 5.32 Å². The van der Waals surface area contributed by atoms with Crippen molar-refractivity contribution in [3.8, 4) is 11.3 Å². The van der Waals surface area contributed by atoms with Gasteiger partial charge in [-0.2, -0.15) is 0 Å². The van der Waals surface area contributed by atoms with E-state index in [4.69, 9.17) is 14.5 Å². The van der Waals surface area contributed by atoms with Gasteiger partial charge in [0.25, 0.3) is 0 Å². The molecule has 4 rings (SSSR count). The van der Waals surface area contributed by atoms with Crippen molar-refractivity contribution in [1.29, 1.82) is 0 Å². The summed E-state index contributed by atoms with van der Waals surface area (Å²) >= 11 is 0. The second kappa shape index (κ2) is 9.68. The standard InChI is InChI=1S/C24H27FN4O5/c1-14-5-6-29-19(12-17-13-28(7-8-34-17)24(31)33-4)22(27-20(29)9-14)21-15(2)10-16(11-18(21)25)26-23(30)32-3/h5-6,9-11,17H,7-8,12-13H2,1-4H3,(H,26,30)/t17-/m0/s1. The van der Waals surface area contributed by atoms with E-state index in [0.717, 1.165) is 11.3 Å². The predicted octanol–water partition coefficient (Wildman–Crippen LogP) is 3.95. The molecule has 3 aromatic rings. The second-order valence-corrected chi connectivity index (χ2v) is 8.22. The summed E-state index contributed by atoms with van der Waals surface area (Å²) < 4.78 is 32.7. The number of pyridine rings is 1. The molecule has 0 aliphatic carbocycles. The van der Waals surface area contributed by atoms with Gasteiger partial charge in [0.15, 0.2) is 0 Å². The van der Waals surface area contributed by atoms with Gasteiger partial charge in [0, 0.05) is 30.4 Å². The molecule has 10 heteroatoms. The highest BCUT2D eigenvalue weighted by Crippen LogP contribution is 2.33. The fraction of sp³-hybridized carbons (Fsp3) is 0.375. The van der Waals surface area contributed by atoms with Crippen molar-refractivity contribution in [3.63, 3.8) is 0 Å². The monoisotopic (exact) mass is 470 g/mol. The van der Waals surface area contributed by atoms with Crippen LogP contribution in [0.2, 0.25) is 0 Å². The molecule has 1 saturated heterocycles. The number of methoxy groups -OCH3 is 2. The molecule has 1 aliphatic rings. The second-order valence-electron chi connectivity index (χ2n) is 8.22. The fourth-order valence-corrected chi connectivity index (χ4v) is 4.23. The number of nitrogens with zero attached hydrogens (tertiary/aromatic N) is 3. The summed E-state index contributed by atoms with van der Waals surface area (Å²) in [5.41, 5.74) is 4.20. The van der Waals surface area contributed by atoms with Crippen LogP contribution in [0.25, 0.3) is 16.9 Å². The van der Waals surface area contributed by atoms with Gasteiger partial charge in [0.05, 0.1) is 44.9 Å². The molecule has 1 fully saturated rings. The number of rotatable bonds is 4. The highest BCUT2D eigenvalue weighted by molar-refractivity contribution is 5.85. The highest BCUT2D eigenvalue weighted by atomic mass is 19.1. The summed E-state index contributed by atoms with van der Waals surface area (Å²) in [7, 11) is 2.59. The molecule has 1 atom stereocenters. The van der Waals surface area contributed by atoms with Crippen molar-refractivity contribution in [1.82, 2.24) is 14.3 Å². The molecule has 0 radical (unpaired) electrons. The summed E-state index contributed by atoms with van der Waals surface area (Å²) in [6.07, 6.45) is 0.917. The van der Waals surface area contributed by atoms with Gasteiger partial charge in [0.1, 0.15) is 11.5 Å². The maximum atomic E-state index is 15.4. The van der Waals surface area contributed by atoms with Gasteiger partial charge in [0.2, 0.25) is 0 Å². The van der Waals surface area contributed by atoms with Crippen LogP contribution in [0.15, 0.2) is 30.5 Å². The number of carbonyl (C=O) groups is 2. The van der Waals surface area contributed by atoms with Crippen LogP contribution in [-0.2, 0) is 20.6 Å². The number of benzene rings is 1. The Bertz CT molecular complexity index is 1220. The lowest BCUT2D eigenvalue weighted by Crippen LogP contribution is -2.46. The van der Waals surface area contributed by atoms with Crippen molar-refractivity contribution in [2.24, 2.45) is 0 Å². The van der Waals surface area contributed by atoms with Crippen LogP contribution in [0.5, 0.6) is 0 Å². The lowest BCUT2D eigenvalue weighted by Gasteiger charge is -2.32. The number of carbonyl (C=O) groups excluding carboxylic acids is 2. The van der Waals surface area contributed by atoms with E-state index < -0.39 is 18.0 Å². The Kier molecular flexibility index (Phi) is 6.69. The van der Waals surface area contributed by atoms with Gasteiger partial charge in [-0.05, 0) is 49.2 Å². The highest BCUT2D eigenvalue weighted by Gasteiger charge is 2.28. The Labute approximate surface area is 196 Å². The summed E-state index contributed by atoms with van der Waals surface area (Å²) in [6, 6.07) is 6.80. The Hall–Kier alpha value is -3.66. The van der Waals surface area contributed by atoms with E-state index in [9.17, 15) is 9.59 Å². The maximum absolute atomic E-state index is 15.4. The molecule has 1 aromatic carbocycles. The minimum atomic E-state index is -0.681. The van der Waals surface area contributed by atoms with Crippen LogP contribution in [0.1, 0.15) is 16.8 Å². The first-order valence-electron chi connectivity index (χ1n) is 10.9. The van der Waals surface area contributed by atoms with Gasteiger partial charge in [-0.25, -0.2) is 19.0 Å². The third kappa shape index (κ3) is 4.67. The topological polar surface area (TPSA) is 94.4 Å². The quantitative estimate of drug-likeness (QED) is 0.621. The largest absolute Gasteiger partial charge is 0.453 e. The third-order valence-corrected chi connectivity index (χ3v) is 5.83. The number of aryl methyl sites for hydroxylation is 2. The Morgan fingerprint density at radius 1 is 1.24 bits per heavy atom. The van der Waals surface area contributed by atoms with Crippen molar-refractivity contribution in [3.05, 3.63) is 53.1 Å². The van der Waals surface area contributed by atoms with Crippen molar-refractivity contribution in [2.75, 3.05) is 39.2 Å². The zero-order valence-electron chi connectivity index (χ0n) is 19.6. The van der Waals surface area contributed by atoms with Crippen LogP contribution >= 0.6 is 0 Å². The molecule has 2 aromatic heterocycles. The van der Waals surface area contributed by atoms with E-state index in [-0.39, 0.29) is 11.8 Å². The lowest BCUT2D eigenvalue weighted by molar-refractivity contribution is -0.0241. The summed E-state index contributed by atoms with van der Waals surface area (Å²) in [5.74, 6) is -0.520. The van der Waals surface area contributed by atoms with E-state index in [1.165, 1.54) is 20.3 Å². The molecule has 3 heterocycles. The predicted molar refractivity (Wildman–Crippen MR) is 124 cm³/mol. The number of ether oxygens (including phenoxy) is 3. The molecule has 9 nitrogen and oxygen atoms in total. The number of fused-ring (bicyclic) bond motifs is 1. The third-order valence-electron chi connectivity index (χ3n) is 5.83. The number of morpholine rings is 1. The summed E-state index contributed by atoms with van der Waals surface area (Å²) in [5, 5.41) is 2.49. The smallest absolute Gasteiger partial charge is 0.411 e. The fourth-order valence-electron chi connectivity index (χ4n) is 4.23. The molecule has 0 spiro atoms. The molecule has 1 aliphatic heterocycles. The average Bonchev–Trinajstić information content (AvgIpc) is 3.14. The lowest BCUT2D eigenvalue weighted by atomic mass is 10.00. The molecule has 1 N–H and O–H groups in total. The Morgan fingerprint density at radius 3 is 2.74 bits per heavy atom. The van der Waals surface area contributed by atoms with Gasteiger partial charge in [-0.1, -0.05) is 0 Å². The van der Waals surface area contributed by atoms with Crippen LogP contribution in [0.3, 0.4) is 0 Å². The molecule has 180 valence electrons. The minimum absolute atomic E-state index is 0.288. The molecular formula is C24H27FN4O5. The first-order chi connectivity index (χ1) is 16.3. The molecule has 2 amide bonds. The number of anilines is 1. The summed E-state index contributed by atoms with van der Waals surface area (Å²) in [4.78, 5) is 29.9. The van der Waals surface area contributed by atoms with Gasteiger partial charge in [-0.15, -0.1) is 0 Å². The average molecular weight is 471 g/mol. The van der Waals surface area contributed by atoms with E-state index in [0.29, 0.717) is 48.6 Å². The van der Waals surface area contributed by atoms with Gasteiger partial charge < -0.3 is 23.5 Å². The molecular weight excluding hydrogens is 443 g/mol. The van der Waals surface area contributed by atoms with Crippen LogP contribution in [-0.4, -0.2) is 66.5 Å². The number of halogens is 1. The van der Waals surface area contributed by atoms with Gasteiger partial charge in [-0.3, -0.25) is 5.32 Å². The number of hydrogen-bond donors (Lipinski definition) is 1. The molecule has 34 heavy (non-hydrogen) atoms. The normalized spacial score (nSPS) is 15.9. The van der Waals surface area contributed by atoms with E-state index in [2.05, 4.69) is 10.1 Å². The van der Waals surface area contributed by atoms with Crippen LogP contribution in [0.4, 0.5) is 19.7 Å². The number of nitrogens with one attached hydrogen (secondary N) is 1. The number of amides is 2. The number of hydrogen-bond acceptors (Lipinski definition) is 6. The Morgan fingerprint density at radius 2 is 2.03 bits per heavy atom. The van der Waals surface area contributed by atoms with E-state index >= 15 is 4.39 Å². The molecule has 0 unspecified atom stereocenters.